The molecule has 1 unspecified atom stereocenters. The minimum atomic E-state index is 0.663. The highest BCUT2D eigenvalue weighted by Gasteiger charge is 2.09. The Balaban J connectivity index is 2.51. The predicted octanol–water partition coefficient (Wildman–Crippen LogP) is 3.73. The molecule has 1 rings (SSSR count). The van der Waals surface area contributed by atoms with E-state index in [0.717, 1.165) is 23.9 Å². The van der Waals surface area contributed by atoms with Gasteiger partial charge in [-0.15, -0.1) is 0 Å². The standard InChI is InChI=1S/C13H20ClNS/c1-3-11(10-16)8-15(2)9-12-6-4-5-7-13(12)14/h4-7,11,16H,3,8-10H2,1-2H3. The van der Waals surface area contributed by atoms with Crippen molar-refractivity contribution in [3.8, 4) is 0 Å². The fourth-order valence-corrected chi connectivity index (χ4v) is 2.31. The van der Waals surface area contributed by atoms with Crippen LogP contribution in [-0.4, -0.2) is 24.2 Å². The highest BCUT2D eigenvalue weighted by molar-refractivity contribution is 7.80. The molecule has 1 aromatic carbocycles. The summed E-state index contributed by atoms with van der Waals surface area (Å²) < 4.78 is 0. The second-order valence-corrected chi connectivity index (χ2v) is 5.02. The van der Waals surface area contributed by atoms with Gasteiger partial charge in [0, 0.05) is 18.1 Å². The first-order chi connectivity index (χ1) is 7.67. The fourth-order valence-electron chi connectivity index (χ4n) is 1.74. The van der Waals surface area contributed by atoms with E-state index < -0.39 is 0 Å². The minimum Gasteiger partial charge on any atom is -0.302 e. The van der Waals surface area contributed by atoms with Crippen LogP contribution >= 0.6 is 24.2 Å². The maximum absolute atomic E-state index is 6.13. The molecule has 0 radical (unpaired) electrons. The van der Waals surface area contributed by atoms with Crippen molar-refractivity contribution < 1.29 is 0 Å². The van der Waals surface area contributed by atoms with Crippen LogP contribution in [0, 0.1) is 5.92 Å². The summed E-state index contributed by atoms with van der Waals surface area (Å²) in [7, 11) is 2.13. The normalized spacial score (nSPS) is 13.1. The summed E-state index contributed by atoms with van der Waals surface area (Å²) in [5.74, 6) is 1.61. The lowest BCUT2D eigenvalue weighted by atomic mass is 10.1. The smallest absolute Gasteiger partial charge is 0.0451 e. The third kappa shape index (κ3) is 4.36. The highest BCUT2D eigenvalue weighted by Crippen LogP contribution is 2.17. The van der Waals surface area contributed by atoms with Crippen LogP contribution in [0.2, 0.25) is 5.02 Å². The third-order valence-corrected chi connectivity index (χ3v) is 3.69. The van der Waals surface area contributed by atoms with Gasteiger partial charge in [-0.3, -0.25) is 0 Å². The summed E-state index contributed by atoms with van der Waals surface area (Å²) in [5, 5.41) is 0.855. The lowest BCUT2D eigenvalue weighted by Gasteiger charge is -2.22. The average molecular weight is 258 g/mol. The van der Waals surface area contributed by atoms with Crippen LogP contribution in [0.25, 0.3) is 0 Å². The second kappa shape index (κ2) is 7.21. The molecule has 0 amide bonds. The maximum atomic E-state index is 6.13. The molecule has 0 bridgehead atoms. The molecule has 1 aromatic rings. The monoisotopic (exact) mass is 257 g/mol. The molecule has 0 fully saturated rings. The predicted molar refractivity (Wildman–Crippen MR) is 75.4 cm³/mol. The topological polar surface area (TPSA) is 3.24 Å². The average Bonchev–Trinajstić information content (AvgIpc) is 2.29. The second-order valence-electron chi connectivity index (χ2n) is 4.25. The Labute approximate surface area is 109 Å². The van der Waals surface area contributed by atoms with Gasteiger partial charge in [-0.05, 0) is 30.3 Å². The molecule has 3 heteroatoms. The van der Waals surface area contributed by atoms with Gasteiger partial charge in [-0.2, -0.15) is 12.6 Å². The Morgan fingerprint density at radius 3 is 2.62 bits per heavy atom. The number of benzene rings is 1. The molecule has 0 spiro atoms. The van der Waals surface area contributed by atoms with E-state index in [-0.39, 0.29) is 0 Å². The van der Waals surface area contributed by atoms with E-state index in [1.807, 2.05) is 18.2 Å². The molecule has 90 valence electrons. The molecular weight excluding hydrogens is 238 g/mol. The van der Waals surface area contributed by atoms with E-state index in [2.05, 4.69) is 37.6 Å². The summed E-state index contributed by atoms with van der Waals surface area (Å²) in [6.45, 7) is 4.19. The SMILES string of the molecule is CCC(CS)CN(C)Cc1ccccc1Cl. The van der Waals surface area contributed by atoms with Gasteiger partial charge in [-0.1, -0.05) is 43.1 Å². The van der Waals surface area contributed by atoms with Gasteiger partial charge >= 0.3 is 0 Å². The number of halogens is 1. The van der Waals surface area contributed by atoms with E-state index in [1.165, 1.54) is 12.0 Å². The first kappa shape index (κ1) is 13.9. The van der Waals surface area contributed by atoms with E-state index in [4.69, 9.17) is 11.6 Å². The van der Waals surface area contributed by atoms with Crippen LogP contribution in [0.4, 0.5) is 0 Å². The van der Waals surface area contributed by atoms with Gasteiger partial charge in [0.05, 0.1) is 0 Å². The largest absolute Gasteiger partial charge is 0.302 e. The molecule has 0 saturated carbocycles. The van der Waals surface area contributed by atoms with Crippen molar-refractivity contribution in [2.24, 2.45) is 5.92 Å². The molecule has 0 aliphatic carbocycles. The van der Waals surface area contributed by atoms with E-state index in [0.29, 0.717) is 5.92 Å². The fraction of sp³-hybridized carbons (Fsp3) is 0.538. The Hall–Kier alpha value is -0.180. The lowest BCUT2D eigenvalue weighted by Crippen LogP contribution is -2.26. The first-order valence-electron chi connectivity index (χ1n) is 5.70. The molecular formula is C13H20ClNS. The van der Waals surface area contributed by atoms with Crippen molar-refractivity contribution in [1.29, 1.82) is 0 Å². The van der Waals surface area contributed by atoms with Crippen LogP contribution in [0.15, 0.2) is 24.3 Å². The molecule has 1 nitrogen and oxygen atoms in total. The van der Waals surface area contributed by atoms with Gasteiger partial charge in [-0.25, -0.2) is 0 Å². The lowest BCUT2D eigenvalue weighted by molar-refractivity contribution is 0.278. The highest BCUT2D eigenvalue weighted by atomic mass is 35.5. The van der Waals surface area contributed by atoms with Gasteiger partial charge in [0.1, 0.15) is 0 Å². The summed E-state index contributed by atoms with van der Waals surface area (Å²) in [6.07, 6.45) is 1.18. The molecule has 1 atom stereocenters. The van der Waals surface area contributed by atoms with Gasteiger partial charge < -0.3 is 4.90 Å². The molecule has 0 aliphatic rings. The molecule has 0 saturated heterocycles. The number of thiol groups is 1. The third-order valence-electron chi connectivity index (χ3n) is 2.80. The van der Waals surface area contributed by atoms with Crippen molar-refractivity contribution >= 4 is 24.2 Å². The van der Waals surface area contributed by atoms with Gasteiger partial charge in [0.2, 0.25) is 0 Å². The zero-order valence-electron chi connectivity index (χ0n) is 9.99. The summed E-state index contributed by atoms with van der Waals surface area (Å²) in [5.41, 5.74) is 1.20. The molecule has 16 heavy (non-hydrogen) atoms. The van der Waals surface area contributed by atoms with E-state index >= 15 is 0 Å². The minimum absolute atomic E-state index is 0.663. The van der Waals surface area contributed by atoms with E-state index in [1.54, 1.807) is 0 Å². The molecule has 0 N–H and O–H groups in total. The van der Waals surface area contributed by atoms with Crippen molar-refractivity contribution in [3.05, 3.63) is 34.9 Å². The van der Waals surface area contributed by atoms with Crippen LogP contribution in [0.5, 0.6) is 0 Å². The summed E-state index contributed by atoms with van der Waals surface area (Å²) >= 11 is 10.5. The molecule has 0 heterocycles. The first-order valence-corrected chi connectivity index (χ1v) is 6.71. The van der Waals surface area contributed by atoms with E-state index in [9.17, 15) is 0 Å². The Morgan fingerprint density at radius 1 is 1.38 bits per heavy atom. The zero-order chi connectivity index (χ0) is 12.0. The number of hydrogen-bond donors (Lipinski definition) is 1. The van der Waals surface area contributed by atoms with Crippen LogP contribution in [-0.2, 0) is 6.54 Å². The zero-order valence-corrected chi connectivity index (χ0v) is 11.6. The van der Waals surface area contributed by atoms with Crippen molar-refractivity contribution in [2.75, 3.05) is 19.3 Å². The Bertz CT molecular complexity index is 313. The maximum Gasteiger partial charge on any atom is 0.0451 e. The Kier molecular flexibility index (Phi) is 6.25. The van der Waals surface area contributed by atoms with Crippen LogP contribution in [0.1, 0.15) is 18.9 Å². The molecule has 0 aromatic heterocycles. The van der Waals surface area contributed by atoms with Gasteiger partial charge in [0.25, 0.3) is 0 Å². The van der Waals surface area contributed by atoms with Gasteiger partial charge in [0.15, 0.2) is 0 Å². The number of nitrogens with zero attached hydrogens (tertiary/aromatic N) is 1. The van der Waals surface area contributed by atoms with Crippen LogP contribution in [0.3, 0.4) is 0 Å². The van der Waals surface area contributed by atoms with Crippen LogP contribution < -0.4 is 0 Å². The molecule has 0 aliphatic heterocycles. The van der Waals surface area contributed by atoms with Crippen molar-refractivity contribution in [2.45, 2.75) is 19.9 Å². The number of rotatable bonds is 6. The summed E-state index contributed by atoms with van der Waals surface area (Å²) in [4.78, 5) is 2.31. The number of hydrogen-bond acceptors (Lipinski definition) is 2. The Morgan fingerprint density at radius 2 is 2.06 bits per heavy atom. The summed E-state index contributed by atoms with van der Waals surface area (Å²) in [6, 6.07) is 8.03. The van der Waals surface area contributed by atoms with Crippen molar-refractivity contribution in [1.82, 2.24) is 4.90 Å². The quantitative estimate of drug-likeness (QED) is 0.760. The van der Waals surface area contributed by atoms with Crippen molar-refractivity contribution in [3.63, 3.8) is 0 Å².